The number of hydrogen-bond acceptors (Lipinski definition) is 3. The second-order valence-corrected chi connectivity index (χ2v) is 8.04. The molecule has 1 aliphatic rings. The molecule has 0 atom stereocenters. The van der Waals surface area contributed by atoms with Crippen LogP contribution in [0.5, 0.6) is 0 Å². The van der Waals surface area contributed by atoms with Crippen molar-refractivity contribution in [2.24, 2.45) is 0 Å². The molecule has 0 radical (unpaired) electrons. The summed E-state index contributed by atoms with van der Waals surface area (Å²) in [5, 5.41) is 7.90. The van der Waals surface area contributed by atoms with E-state index in [-0.39, 0.29) is 17.9 Å². The van der Waals surface area contributed by atoms with Gasteiger partial charge in [0.05, 0.1) is 0 Å². The molecular formula is C22H26N2O2S. The topological polar surface area (TPSA) is 58.2 Å². The first-order chi connectivity index (χ1) is 13.1. The molecule has 142 valence electrons. The summed E-state index contributed by atoms with van der Waals surface area (Å²) in [5.41, 5.74) is 1.86. The van der Waals surface area contributed by atoms with Crippen LogP contribution in [0.4, 0.5) is 0 Å². The van der Waals surface area contributed by atoms with Crippen molar-refractivity contribution in [1.82, 2.24) is 10.6 Å². The molecule has 1 aromatic carbocycles. The van der Waals surface area contributed by atoms with E-state index in [0.29, 0.717) is 11.3 Å². The molecule has 1 saturated carbocycles. The SMILES string of the molecule is Cc1cccc(C(=O)N/C(=C\c2cccs2)C(=O)NC2CCCCCC2)c1. The number of thiophene rings is 1. The molecule has 0 unspecified atom stereocenters. The number of aryl methyl sites for hydroxylation is 1. The van der Waals surface area contributed by atoms with Gasteiger partial charge in [-0.15, -0.1) is 11.3 Å². The molecule has 3 rings (SSSR count). The van der Waals surface area contributed by atoms with Crippen LogP contribution in [-0.4, -0.2) is 17.9 Å². The van der Waals surface area contributed by atoms with Crippen molar-refractivity contribution in [2.45, 2.75) is 51.5 Å². The van der Waals surface area contributed by atoms with Crippen LogP contribution in [0.3, 0.4) is 0 Å². The lowest BCUT2D eigenvalue weighted by Gasteiger charge is -2.18. The van der Waals surface area contributed by atoms with E-state index in [1.807, 2.05) is 42.6 Å². The van der Waals surface area contributed by atoms with Crippen molar-refractivity contribution >= 4 is 29.2 Å². The zero-order chi connectivity index (χ0) is 19.1. The number of hydrogen-bond donors (Lipinski definition) is 2. The fraction of sp³-hybridized carbons (Fsp3) is 0.364. The van der Waals surface area contributed by atoms with Crippen LogP contribution in [0.2, 0.25) is 0 Å². The minimum Gasteiger partial charge on any atom is -0.348 e. The number of carbonyl (C=O) groups excluding carboxylic acids is 2. The Morgan fingerprint density at radius 1 is 1.07 bits per heavy atom. The van der Waals surface area contributed by atoms with E-state index in [2.05, 4.69) is 10.6 Å². The minimum atomic E-state index is -0.266. The molecule has 2 N–H and O–H groups in total. The van der Waals surface area contributed by atoms with Crippen molar-refractivity contribution in [1.29, 1.82) is 0 Å². The zero-order valence-electron chi connectivity index (χ0n) is 15.7. The van der Waals surface area contributed by atoms with Crippen LogP contribution in [-0.2, 0) is 4.79 Å². The second-order valence-electron chi connectivity index (χ2n) is 7.06. The lowest BCUT2D eigenvalue weighted by molar-refractivity contribution is -0.118. The lowest BCUT2D eigenvalue weighted by Crippen LogP contribution is -2.40. The van der Waals surface area contributed by atoms with Crippen molar-refractivity contribution < 1.29 is 9.59 Å². The van der Waals surface area contributed by atoms with Gasteiger partial charge in [0.15, 0.2) is 0 Å². The highest BCUT2D eigenvalue weighted by molar-refractivity contribution is 7.10. The molecule has 1 aromatic heterocycles. The molecule has 1 fully saturated rings. The maximum atomic E-state index is 12.9. The Morgan fingerprint density at radius 3 is 2.52 bits per heavy atom. The fourth-order valence-electron chi connectivity index (χ4n) is 3.34. The van der Waals surface area contributed by atoms with E-state index >= 15 is 0 Å². The smallest absolute Gasteiger partial charge is 0.268 e. The quantitative estimate of drug-likeness (QED) is 0.583. The van der Waals surface area contributed by atoms with E-state index in [9.17, 15) is 9.59 Å². The summed E-state index contributed by atoms with van der Waals surface area (Å²) < 4.78 is 0. The molecule has 2 aromatic rings. The van der Waals surface area contributed by atoms with Crippen molar-refractivity contribution in [3.63, 3.8) is 0 Å². The predicted molar refractivity (Wildman–Crippen MR) is 111 cm³/mol. The van der Waals surface area contributed by atoms with E-state index < -0.39 is 0 Å². The van der Waals surface area contributed by atoms with Crippen LogP contribution in [0.25, 0.3) is 6.08 Å². The van der Waals surface area contributed by atoms with Crippen LogP contribution >= 0.6 is 11.3 Å². The normalized spacial score (nSPS) is 15.8. The molecule has 0 spiro atoms. The minimum absolute atomic E-state index is 0.183. The van der Waals surface area contributed by atoms with Gasteiger partial charge in [0.2, 0.25) is 0 Å². The average molecular weight is 383 g/mol. The van der Waals surface area contributed by atoms with E-state index in [1.54, 1.807) is 12.1 Å². The molecule has 1 heterocycles. The summed E-state index contributed by atoms with van der Waals surface area (Å²) in [6.07, 6.45) is 8.51. The maximum absolute atomic E-state index is 12.9. The second kappa shape index (κ2) is 9.51. The highest BCUT2D eigenvalue weighted by Crippen LogP contribution is 2.18. The number of rotatable bonds is 5. The largest absolute Gasteiger partial charge is 0.348 e. The fourth-order valence-corrected chi connectivity index (χ4v) is 4.00. The molecule has 5 heteroatoms. The number of amides is 2. The molecule has 0 aliphatic heterocycles. The van der Waals surface area contributed by atoms with Crippen LogP contribution < -0.4 is 10.6 Å². The zero-order valence-corrected chi connectivity index (χ0v) is 16.5. The van der Waals surface area contributed by atoms with Crippen LogP contribution in [0.15, 0.2) is 47.5 Å². The summed E-state index contributed by atoms with van der Waals surface area (Å²) in [6.45, 7) is 1.94. The standard InChI is InChI=1S/C22H26N2O2S/c1-16-8-6-9-17(14-16)21(25)24-20(15-19-12-7-13-27-19)22(26)23-18-10-4-2-3-5-11-18/h6-9,12-15,18H,2-5,10-11H2,1H3,(H,23,26)(H,24,25)/b20-15-. The van der Waals surface area contributed by atoms with Gasteiger partial charge in [-0.3, -0.25) is 9.59 Å². The molecular weight excluding hydrogens is 356 g/mol. The maximum Gasteiger partial charge on any atom is 0.268 e. The Hall–Kier alpha value is -2.40. The summed E-state index contributed by atoms with van der Waals surface area (Å²) in [4.78, 5) is 26.5. The van der Waals surface area contributed by atoms with Gasteiger partial charge in [0, 0.05) is 16.5 Å². The highest BCUT2D eigenvalue weighted by atomic mass is 32.1. The average Bonchev–Trinajstić information content (AvgIpc) is 3.03. The van der Waals surface area contributed by atoms with Gasteiger partial charge in [0.25, 0.3) is 11.8 Å². The Kier molecular flexibility index (Phi) is 6.82. The van der Waals surface area contributed by atoms with Gasteiger partial charge in [-0.1, -0.05) is 49.4 Å². The summed E-state index contributed by atoms with van der Waals surface area (Å²) >= 11 is 1.54. The molecule has 2 amide bonds. The van der Waals surface area contributed by atoms with E-state index in [4.69, 9.17) is 0 Å². The summed E-state index contributed by atoms with van der Waals surface area (Å²) in [6, 6.07) is 11.4. The van der Waals surface area contributed by atoms with Gasteiger partial charge in [-0.25, -0.2) is 0 Å². The highest BCUT2D eigenvalue weighted by Gasteiger charge is 2.19. The van der Waals surface area contributed by atoms with Crippen LogP contribution in [0, 0.1) is 6.92 Å². The van der Waals surface area contributed by atoms with Crippen molar-refractivity contribution in [3.05, 3.63) is 63.5 Å². The third-order valence-electron chi connectivity index (χ3n) is 4.79. The van der Waals surface area contributed by atoms with Gasteiger partial charge >= 0.3 is 0 Å². The molecule has 1 aliphatic carbocycles. The third-order valence-corrected chi connectivity index (χ3v) is 5.61. The first-order valence-corrected chi connectivity index (χ1v) is 10.4. The first kappa shape index (κ1) is 19.4. The Labute approximate surface area is 164 Å². The van der Waals surface area contributed by atoms with Crippen molar-refractivity contribution in [3.8, 4) is 0 Å². The Balaban J connectivity index is 1.76. The van der Waals surface area contributed by atoms with Crippen molar-refractivity contribution in [2.75, 3.05) is 0 Å². The number of nitrogens with one attached hydrogen (secondary N) is 2. The Morgan fingerprint density at radius 2 is 1.85 bits per heavy atom. The van der Waals surface area contributed by atoms with E-state index in [1.165, 1.54) is 24.2 Å². The van der Waals surface area contributed by atoms with Gasteiger partial charge in [-0.2, -0.15) is 0 Å². The number of benzene rings is 1. The molecule has 0 saturated heterocycles. The van der Waals surface area contributed by atoms with Gasteiger partial charge in [0.1, 0.15) is 5.70 Å². The first-order valence-electron chi connectivity index (χ1n) is 9.56. The van der Waals surface area contributed by atoms with Gasteiger partial charge < -0.3 is 10.6 Å². The lowest BCUT2D eigenvalue weighted by atomic mass is 10.1. The number of carbonyl (C=O) groups is 2. The monoisotopic (exact) mass is 382 g/mol. The predicted octanol–water partition coefficient (Wildman–Crippen LogP) is 4.67. The molecule has 4 nitrogen and oxygen atoms in total. The molecule has 0 bridgehead atoms. The van der Waals surface area contributed by atoms with Crippen LogP contribution in [0.1, 0.15) is 59.3 Å². The van der Waals surface area contributed by atoms with Gasteiger partial charge in [-0.05, 0) is 49.4 Å². The third kappa shape index (κ3) is 5.79. The Bertz CT molecular complexity index is 803. The summed E-state index contributed by atoms with van der Waals surface area (Å²) in [5.74, 6) is -0.478. The summed E-state index contributed by atoms with van der Waals surface area (Å²) in [7, 11) is 0. The molecule has 27 heavy (non-hydrogen) atoms. The van der Waals surface area contributed by atoms with E-state index in [0.717, 1.165) is 36.1 Å².